The number of ether oxygens (including phenoxy) is 1. The number of hydrogen-bond donors (Lipinski definition) is 1. The number of allylic oxidation sites excluding steroid dienone is 6. The van der Waals surface area contributed by atoms with E-state index in [0.29, 0.717) is 17.2 Å². The van der Waals surface area contributed by atoms with Crippen molar-refractivity contribution < 1.29 is 23.9 Å². The van der Waals surface area contributed by atoms with Crippen LogP contribution in [0.25, 0.3) is 6.08 Å². The van der Waals surface area contributed by atoms with Crippen LogP contribution in [0.4, 0.5) is 0 Å². The normalized spacial score (nSPS) is 19.7. The third-order valence-electron chi connectivity index (χ3n) is 7.05. The second kappa shape index (κ2) is 13.4. The summed E-state index contributed by atoms with van der Waals surface area (Å²) < 4.78 is 5.44. The summed E-state index contributed by atoms with van der Waals surface area (Å²) in [4.78, 5) is 56.9. The van der Waals surface area contributed by atoms with Gasteiger partial charge in [-0.1, -0.05) is 79.9 Å². The Morgan fingerprint density at radius 1 is 1.07 bits per heavy atom. The Labute approximate surface area is 255 Å². The third-order valence-corrected chi connectivity index (χ3v) is 7.43. The number of aromatic nitrogens is 1. The van der Waals surface area contributed by atoms with Crippen LogP contribution < -0.4 is 5.43 Å². The number of esters is 1. The third kappa shape index (κ3) is 7.16. The molecule has 1 amide bonds. The first kappa shape index (κ1) is 31.1. The number of hydrazine groups is 1. The summed E-state index contributed by atoms with van der Waals surface area (Å²) in [5.74, 6) is -2.58. The second-order valence-electron chi connectivity index (χ2n) is 10.4. The van der Waals surface area contributed by atoms with Gasteiger partial charge in [0.05, 0.1) is 10.7 Å². The van der Waals surface area contributed by atoms with Gasteiger partial charge >= 0.3 is 5.97 Å². The van der Waals surface area contributed by atoms with Gasteiger partial charge in [0, 0.05) is 41.4 Å². The van der Waals surface area contributed by atoms with Crippen LogP contribution in [0, 0.1) is 5.92 Å². The van der Waals surface area contributed by atoms with Crippen molar-refractivity contribution in [2.45, 2.75) is 39.7 Å². The molecule has 43 heavy (non-hydrogen) atoms. The number of ketones is 2. The highest BCUT2D eigenvalue weighted by Crippen LogP contribution is 2.39. The number of Topliss-reactive ketones (excluding diaryl/α,β-unsaturated/α-hetero) is 2. The van der Waals surface area contributed by atoms with Crippen LogP contribution in [0.15, 0.2) is 119 Å². The average molecular weight is 598 g/mol. The van der Waals surface area contributed by atoms with Crippen molar-refractivity contribution in [1.29, 1.82) is 0 Å². The van der Waals surface area contributed by atoms with E-state index in [1.807, 2.05) is 31.2 Å². The van der Waals surface area contributed by atoms with E-state index in [-0.39, 0.29) is 16.2 Å². The number of hydrogen-bond acceptors (Lipinski definition) is 7. The van der Waals surface area contributed by atoms with Crippen molar-refractivity contribution in [2.75, 3.05) is 0 Å². The van der Waals surface area contributed by atoms with Crippen LogP contribution in [-0.2, 0) is 19.1 Å². The number of rotatable bonds is 9. The molecule has 8 nitrogen and oxygen atoms in total. The second-order valence-corrected chi connectivity index (χ2v) is 10.8. The van der Waals surface area contributed by atoms with Gasteiger partial charge in [0.2, 0.25) is 17.2 Å². The highest BCUT2D eigenvalue weighted by atomic mass is 35.5. The van der Waals surface area contributed by atoms with E-state index in [9.17, 15) is 19.2 Å². The molecular formula is C34H32ClN3O5. The molecule has 1 aliphatic heterocycles. The van der Waals surface area contributed by atoms with Gasteiger partial charge in [0.1, 0.15) is 0 Å². The van der Waals surface area contributed by atoms with Crippen molar-refractivity contribution >= 4 is 41.1 Å². The highest BCUT2D eigenvalue weighted by Gasteiger charge is 2.52. The fourth-order valence-corrected chi connectivity index (χ4v) is 4.76. The van der Waals surface area contributed by atoms with Crippen LogP contribution >= 0.6 is 11.6 Å². The van der Waals surface area contributed by atoms with Crippen molar-refractivity contribution in [3.63, 3.8) is 0 Å². The molecule has 2 aliphatic rings. The van der Waals surface area contributed by atoms with E-state index in [1.54, 1.807) is 36.4 Å². The molecular weight excluding hydrogens is 566 g/mol. The van der Waals surface area contributed by atoms with Crippen LogP contribution in [0.3, 0.4) is 0 Å². The number of benzene rings is 1. The number of carbonyl (C=O) groups is 4. The fraction of sp³-hybridized carbons (Fsp3) is 0.206. The van der Waals surface area contributed by atoms with Gasteiger partial charge < -0.3 is 4.74 Å². The van der Waals surface area contributed by atoms with Gasteiger partial charge in [0.15, 0.2) is 0 Å². The highest BCUT2D eigenvalue weighted by molar-refractivity contribution is 6.49. The Bertz CT molecular complexity index is 1620. The minimum absolute atomic E-state index is 0.00554. The first-order chi connectivity index (χ1) is 20.5. The van der Waals surface area contributed by atoms with E-state index >= 15 is 0 Å². The molecule has 0 radical (unpaired) electrons. The molecule has 1 aliphatic carbocycles. The molecule has 220 valence electrons. The van der Waals surface area contributed by atoms with E-state index in [1.165, 1.54) is 36.6 Å². The lowest BCUT2D eigenvalue weighted by Gasteiger charge is -2.35. The van der Waals surface area contributed by atoms with Crippen molar-refractivity contribution in [2.24, 2.45) is 5.92 Å². The van der Waals surface area contributed by atoms with Crippen molar-refractivity contribution in [3.05, 3.63) is 130 Å². The zero-order chi connectivity index (χ0) is 31.1. The van der Waals surface area contributed by atoms with E-state index < -0.39 is 29.0 Å². The molecule has 2 heterocycles. The predicted octanol–water partition coefficient (Wildman–Crippen LogP) is 6.02. The molecule has 0 fully saturated rings. The monoisotopic (exact) mass is 597 g/mol. The molecule has 0 saturated carbocycles. The Morgan fingerprint density at radius 3 is 2.44 bits per heavy atom. The average Bonchev–Trinajstić information content (AvgIpc) is 3.02. The van der Waals surface area contributed by atoms with Crippen molar-refractivity contribution in [1.82, 2.24) is 15.4 Å². The fourth-order valence-electron chi connectivity index (χ4n) is 4.42. The predicted molar refractivity (Wildman–Crippen MR) is 165 cm³/mol. The Balaban J connectivity index is 1.70. The van der Waals surface area contributed by atoms with Crippen molar-refractivity contribution in [3.8, 4) is 0 Å². The molecule has 1 aromatic carbocycles. The molecule has 9 heteroatoms. The van der Waals surface area contributed by atoms with Crippen LogP contribution in [0.5, 0.6) is 0 Å². The lowest BCUT2D eigenvalue weighted by Crippen LogP contribution is -2.52. The van der Waals surface area contributed by atoms with Gasteiger partial charge in [0.25, 0.3) is 5.91 Å². The Morgan fingerprint density at radius 2 is 1.77 bits per heavy atom. The number of amides is 1. The number of nitrogens with zero attached hydrogens (tertiary/aromatic N) is 2. The first-order valence-electron chi connectivity index (χ1n) is 13.8. The molecule has 0 saturated heterocycles. The molecule has 2 aromatic rings. The summed E-state index contributed by atoms with van der Waals surface area (Å²) in [6.45, 7) is 7.38. The number of carbonyl (C=O) groups excluding carboxylic acids is 4. The topological polar surface area (TPSA) is 106 Å². The van der Waals surface area contributed by atoms with E-state index in [0.717, 1.165) is 23.6 Å². The maximum atomic E-state index is 13.8. The quantitative estimate of drug-likeness (QED) is 0.163. The minimum Gasteiger partial charge on any atom is -0.439 e. The van der Waals surface area contributed by atoms with Gasteiger partial charge in [-0.25, -0.2) is 4.79 Å². The summed E-state index contributed by atoms with van der Waals surface area (Å²) in [5.41, 5.74) is 3.27. The minimum atomic E-state index is -2.21. The molecule has 1 aromatic heterocycles. The molecule has 1 N–H and O–H groups in total. The molecule has 0 bridgehead atoms. The SMILES string of the molecule is CC[C@H](C)/C=C(C)/C=C/C1=CC2=C(Cl)C(=O)[C@](C)(OC(=O)C=Cc3ccccc3)C(=O)C2=CN1NC(=O)c1ccncc1. The maximum absolute atomic E-state index is 13.8. The number of halogens is 1. The van der Waals surface area contributed by atoms with E-state index in [4.69, 9.17) is 16.3 Å². The zero-order valence-electron chi connectivity index (χ0n) is 24.3. The molecule has 0 unspecified atom stereocenters. The summed E-state index contributed by atoms with van der Waals surface area (Å²) in [7, 11) is 0. The van der Waals surface area contributed by atoms with Crippen LogP contribution in [0.2, 0.25) is 0 Å². The largest absolute Gasteiger partial charge is 0.439 e. The van der Waals surface area contributed by atoms with Gasteiger partial charge in [-0.3, -0.25) is 29.8 Å². The number of pyridine rings is 1. The van der Waals surface area contributed by atoms with E-state index in [2.05, 4.69) is 30.3 Å². The number of fused-ring (bicyclic) bond motifs is 1. The lowest BCUT2D eigenvalue weighted by atomic mass is 9.79. The molecule has 2 atom stereocenters. The molecule has 0 spiro atoms. The summed E-state index contributed by atoms with van der Waals surface area (Å²) in [5, 5.41) is 1.12. The lowest BCUT2D eigenvalue weighted by molar-refractivity contribution is -0.165. The number of nitrogens with one attached hydrogen (secondary N) is 1. The van der Waals surface area contributed by atoms with Gasteiger partial charge in [-0.15, -0.1) is 0 Å². The van der Waals surface area contributed by atoms with Gasteiger partial charge in [-0.05, 0) is 55.7 Å². The standard InChI is InChI=1S/C34H32ClN3O5/c1-5-22(2)19-23(3)11-13-26-20-27-28(21-38(26)37-33(42)25-15-17-36-18-16-25)31(40)34(4,32(41)30(27)35)43-29(39)14-12-24-9-7-6-8-10-24/h6-22H,5H2,1-4H3,(H,37,42)/b13-11+,14-12?,23-19+/t22-,34+/m0/s1. The van der Waals surface area contributed by atoms with Crippen LogP contribution in [-0.4, -0.2) is 39.0 Å². The summed E-state index contributed by atoms with van der Waals surface area (Å²) >= 11 is 6.55. The summed E-state index contributed by atoms with van der Waals surface area (Å²) in [6.07, 6.45) is 15.3. The molecule has 4 rings (SSSR count). The summed E-state index contributed by atoms with van der Waals surface area (Å²) in [6, 6.07) is 12.1. The maximum Gasteiger partial charge on any atom is 0.332 e. The van der Waals surface area contributed by atoms with Gasteiger partial charge in [-0.2, -0.15) is 0 Å². The zero-order valence-corrected chi connectivity index (χ0v) is 25.1. The Kier molecular flexibility index (Phi) is 9.73. The first-order valence-corrected chi connectivity index (χ1v) is 14.2. The Hall–Kier alpha value is -4.82. The van der Waals surface area contributed by atoms with Crippen LogP contribution in [0.1, 0.15) is 50.0 Å². The smallest absolute Gasteiger partial charge is 0.332 e.